The Kier molecular flexibility index (Phi) is 11.6. The number of anilines is 1. The van der Waals surface area contributed by atoms with E-state index < -0.39 is 5.82 Å². The van der Waals surface area contributed by atoms with Crippen molar-refractivity contribution in [1.82, 2.24) is 5.32 Å². The van der Waals surface area contributed by atoms with Gasteiger partial charge in [0, 0.05) is 24.3 Å². The van der Waals surface area contributed by atoms with Crippen molar-refractivity contribution in [2.24, 2.45) is 0 Å². The van der Waals surface area contributed by atoms with Crippen LogP contribution in [-0.2, 0) is 0 Å². The number of halogens is 1. The van der Waals surface area contributed by atoms with Crippen LogP contribution in [0.3, 0.4) is 0 Å². The Hall–Kier alpha value is -2.53. The van der Waals surface area contributed by atoms with Crippen molar-refractivity contribution in [2.75, 3.05) is 31.1 Å². The van der Waals surface area contributed by atoms with Crippen molar-refractivity contribution in [1.29, 1.82) is 0 Å². The maximum atomic E-state index is 12.6. The van der Waals surface area contributed by atoms with Crippen LogP contribution in [0.4, 0.5) is 10.1 Å². The summed E-state index contributed by atoms with van der Waals surface area (Å²) in [5, 5.41) is 3.22. The molecular weight excluding hydrogens is 379 g/mol. The molecule has 5 heteroatoms. The Morgan fingerprint density at radius 1 is 0.833 bits per heavy atom. The van der Waals surface area contributed by atoms with E-state index in [9.17, 15) is 14.0 Å². The number of carbonyl (C=O) groups is 2. The lowest BCUT2D eigenvalue weighted by Gasteiger charge is -2.19. The van der Waals surface area contributed by atoms with Gasteiger partial charge in [0.1, 0.15) is 5.82 Å². The van der Waals surface area contributed by atoms with Crippen LogP contribution in [0.2, 0.25) is 0 Å². The van der Waals surface area contributed by atoms with E-state index in [1.54, 1.807) is 13.0 Å². The first-order valence-electron chi connectivity index (χ1n) is 10.3. The molecule has 0 radical (unpaired) electrons. The van der Waals surface area contributed by atoms with Gasteiger partial charge in [-0.05, 0) is 88.0 Å². The largest absolute Gasteiger partial charge is 0.371 e. The predicted octanol–water partition coefficient (Wildman–Crippen LogP) is 5.36. The number of nitrogens with one attached hydrogen (secondary N) is 1. The lowest BCUT2D eigenvalue weighted by molar-refractivity contribution is 0.111. The van der Waals surface area contributed by atoms with Gasteiger partial charge in [0.2, 0.25) is 0 Å². The molecule has 0 atom stereocenters. The highest BCUT2D eigenvalue weighted by atomic mass is 19.1. The van der Waals surface area contributed by atoms with E-state index >= 15 is 0 Å². The molecule has 0 saturated carbocycles. The smallest absolute Gasteiger partial charge is 0.152 e. The Morgan fingerprint density at radius 3 is 1.83 bits per heavy atom. The van der Waals surface area contributed by atoms with Crippen LogP contribution in [0.15, 0.2) is 36.4 Å². The molecule has 2 aromatic rings. The molecule has 2 aliphatic rings. The second-order valence-electron chi connectivity index (χ2n) is 7.47. The quantitative estimate of drug-likeness (QED) is 0.687. The minimum absolute atomic E-state index is 0. The van der Waals surface area contributed by atoms with E-state index in [1.165, 1.54) is 56.5 Å². The summed E-state index contributed by atoms with van der Waals surface area (Å²) < 4.78 is 12.6. The molecular formula is C25H35FN2O2. The molecule has 2 saturated heterocycles. The number of hydrogen-bond acceptors (Lipinski definition) is 4. The summed E-state index contributed by atoms with van der Waals surface area (Å²) >= 11 is 0. The molecule has 164 valence electrons. The Bertz CT molecular complexity index is 790. The van der Waals surface area contributed by atoms with E-state index in [0.717, 1.165) is 36.2 Å². The minimum atomic E-state index is -0.449. The lowest BCUT2D eigenvalue weighted by atomic mass is 10.1. The minimum Gasteiger partial charge on any atom is -0.371 e. The van der Waals surface area contributed by atoms with Crippen LogP contribution < -0.4 is 10.2 Å². The van der Waals surface area contributed by atoms with Gasteiger partial charge in [-0.1, -0.05) is 19.6 Å². The average Bonchev–Trinajstić information content (AvgIpc) is 3.45. The summed E-state index contributed by atoms with van der Waals surface area (Å²) in [6.07, 6.45) is 6.72. The average molecular weight is 415 g/mol. The number of carbonyl (C=O) groups excluding carboxylic acids is 2. The highest BCUT2D eigenvalue weighted by Crippen LogP contribution is 2.24. The number of rotatable bonds is 3. The molecule has 4 nitrogen and oxygen atoms in total. The van der Waals surface area contributed by atoms with E-state index in [1.807, 2.05) is 12.1 Å². The fraction of sp³-hybridized carbons (Fsp3) is 0.440. The third-order valence-corrected chi connectivity index (χ3v) is 5.00. The van der Waals surface area contributed by atoms with E-state index in [2.05, 4.69) is 23.2 Å². The molecule has 0 aromatic heterocycles. The zero-order chi connectivity index (χ0) is 21.1. The van der Waals surface area contributed by atoms with Gasteiger partial charge >= 0.3 is 0 Å². The first-order chi connectivity index (χ1) is 14.0. The van der Waals surface area contributed by atoms with Crippen molar-refractivity contribution in [3.8, 4) is 0 Å². The van der Waals surface area contributed by atoms with Gasteiger partial charge in [0.05, 0.1) is 5.56 Å². The monoisotopic (exact) mass is 414 g/mol. The molecule has 4 rings (SSSR count). The van der Waals surface area contributed by atoms with Crippen molar-refractivity contribution >= 4 is 18.3 Å². The van der Waals surface area contributed by atoms with Gasteiger partial charge in [-0.25, -0.2) is 4.39 Å². The van der Waals surface area contributed by atoms with Gasteiger partial charge in [0.15, 0.2) is 12.6 Å². The topological polar surface area (TPSA) is 49.4 Å². The van der Waals surface area contributed by atoms with Crippen molar-refractivity contribution < 1.29 is 14.0 Å². The third kappa shape index (κ3) is 8.07. The Morgan fingerprint density at radius 2 is 1.37 bits per heavy atom. The van der Waals surface area contributed by atoms with Crippen LogP contribution in [0.5, 0.6) is 0 Å². The zero-order valence-corrected chi connectivity index (χ0v) is 17.4. The molecule has 0 spiro atoms. The zero-order valence-electron chi connectivity index (χ0n) is 17.4. The molecule has 2 aromatic carbocycles. The molecule has 0 unspecified atom stereocenters. The van der Waals surface area contributed by atoms with E-state index in [4.69, 9.17) is 0 Å². The van der Waals surface area contributed by atoms with Crippen LogP contribution >= 0.6 is 0 Å². The summed E-state index contributed by atoms with van der Waals surface area (Å²) in [6, 6.07) is 10.5. The molecule has 0 aliphatic carbocycles. The fourth-order valence-corrected chi connectivity index (χ4v) is 3.34. The van der Waals surface area contributed by atoms with Gasteiger partial charge in [-0.15, -0.1) is 0 Å². The maximum absolute atomic E-state index is 12.6. The molecule has 1 N–H and O–H groups in total. The first kappa shape index (κ1) is 25.5. The van der Waals surface area contributed by atoms with Crippen molar-refractivity contribution in [3.63, 3.8) is 0 Å². The van der Waals surface area contributed by atoms with Crippen LogP contribution in [-0.4, -0.2) is 38.8 Å². The highest BCUT2D eigenvalue weighted by Gasteiger charge is 2.15. The van der Waals surface area contributed by atoms with Gasteiger partial charge in [0.25, 0.3) is 0 Å². The van der Waals surface area contributed by atoms with Crippen LogP contribution in [0.1, 0.15) is 65.0 Å². The van der Waals surface area contributed by atoms with E-state index in [0.29, 0.717) is 6.29 Å². The summed E-state index contributed by atoms with van der Waals surface area (Å²) in [4.78, 5) is 23.3. The number of aldehydes is 2. The first-order valence-corrected chi connectivity index (χ1v) is 10.3. The summed E-state index contributed by atoms with van der Waals surface area (Å²) in [7, 11) is 0. The Balaban J connectivity index is 0.000000246. The fourth-order valence-electron chi connectivity index (χ4n) is 3.34. The SMILES string of the molecule is C.C1CCNC1.Cc1ccc(C=O)c(F)c1.Cc1ccc(C=O)c(N2CCCC2)c1. The maximum Gasteiger partial charge on any atom is 0.152 e. The standard InChI is InChI=1S/C12H15NO.C8H7FO.C4H9N.CH4/c1-10-4-5-11(9-14)12(8-10)13-6-2-3-7-13;1-6-2-3-7(5-10)8(9)4-6;1-2-4-5-3-1;/h4-5,8-9H,2-3,6-7H2,1H3;2-5H,1H3;5H,1-4H2;1H4. The summed E-state index contributed by atoms with van der Waals surface area (Å²) in [5.74, 6) is -0.449. The van der Waals surface area contributed by atoms with Crippen LogP contribution in [0.25, 0.3) is 0 Å². The summed E-state index contributed by atoms with van der Waals surface area (Å²) in [6.45, 7) is 8.51. The van der Waals surface area contributed by atoms with Gasteiger partial charge in [-0.2, -0.15) is 0 Å². The van der Waals surface area contributed by atoms with Gasteiger partial charge in [-0.3, -0.25) is 9.59 Å². The second kappa shape index (κ2) is 13.6. The number of hydrogen-bond donors (Lipinski definition) is 1. The molecule has 0 amide bonds. The number of nitrogens with zero attached hydrogens (tertiary/aromatic N) is 1. The van der Waals surface area contributed by atoms with Crippen molar-refractivity contribution in [2.45, 2.75) is 47.0 Å². The van der Waals surface area contributed by atoms with Crippen molar-refractivity contribution in [3.05, 3.63) is 64.5 Å². The molecule has 2 fully saturated rings. The highest BCUT2D eigenvalue weighted by molar-refractivity contribution is 5.85. The summed E-state index contributed by atoms with van der Waals surface area (Å²) in [5.41, 5.74) is 4.08. The van der Waals surface area contributed by atoms with Crippen LogP contribution in [0, 0.1) is 19.7 Å². The third-order valence-electron chi connectivity index (χ3n) is 5.00. The lowest BCUT2D eigenvalue weighted by Crippen LogP contribution is -2.19. The van der Waals surface area contributed by atoms with Gasteiger partial charge < -0.3 is 10.2 Å². The number of aryl methyl sites for hydroxylation is 2. The molecule has 2 heterocycles. The normalized spacial score (nSPS) is 14.6. The predicted molar refractivity (Wildman–Crippen MR) is 123 cm³/mol. The Labute approximate surface area is 180 Å². The molecule has 30 heavy (non-hydrogen) atoms. The molecule has 0 bridgehead atoms. The number of benzene rings is 2. The van der Waals surface area contributed by atoms with E-state index in [-0.39, 0.29) is 13.0 Å². The second-order valence-corrected chi connectivity index (χ2v) is 7.47. The molecule has 2 aliphatic heterocycles.